The Labute approximate surface area is 96.7 Å². The molecule has 3 heteroatoms. The topological polar surface area (TPSA) is 33.1 Å². The van der Waals surface area contributed by atoms with Crippen molar-refractivity contribution in [3.63, 3.8) is 0 Å². The minimum atomic E-state index is -0.615. The van der Waals surface area contributed by atoms with Crippen molar-refractivity contribution in [2.45, 2.75) is 6.10 Å². The Kier molecular flexibility index (Phi) is 3.14. The van der Waals surface area contributed by atoms with Gasteiger partial charge in [0.1, 0.15) is 6.10 Å². The van der Waals surface area contributed by atoms with Crippen molar-refractivity contribution in [1.29, 1.82) is 0 Å². The van der Waals surface area contributed by atoms with Crippen molar-refractivity contribution in [2.24, 2.45) is 0 Å². The van der Waals surface area contributed by atoms with Gasteiger partial charge >= 0.3 is 0 Å². The number of aromatic nitrogens is 1. The smallest absolute Gasteiger partial charge is 0.106 e. The van der Waals surface area contributed by atoms with Crippen LogP contribution in [-0.2, 0) is 0 Å². The molecule has 0 fully saturated rings. The molecule has 2 rings (SSSR count). The van der Waals surface area contributed by atoms with Gasteiger partial charge in [0.2, 0.25) is 0 Å². The minimum absolute atomic E-state index is 0.615. The largest absolute Gasteiger partial charge is 0.384 e. The fourth-order valence-electron chi connectivity index (χ4n) is 1.41. The van der Waals surface area contributed by atoms with Crippen molar-refractivity contribution < 1.29 is 5.11 Å². The molecule has 0 bridgehead atoms. The molecule has 76 valence electrons. The zero-order valence-electron chi connectivity index (χ0n) is 7.97. The van der Waals surface area contributed by atoms with Crippen molar-refractivity contribution in [3.05, 3.63) is 64.4 Å². The number of hydrogen-bond donors (Lipinski definition) is 1. The Bertz CT molecular complexity index is 444. The number of aliphatic hydroxyl groups is 1. The molecule has 0 saturated heterocycles. The van der Waals surface area contributed by atoms with Gasteiger partial charge < -0.3 is 5.11 Å². The van der Waals surface area contributed by atoms with Crippen molar-refractivity contribution >= 4 is 15.9 Å². The van der Waals surface area contributed by atoms with Crippen molar-refractivity contribution in [1.82, 2.24) is 4.98 Å². The van der Waals surface area contributed by atoms with Crippen LogP contribution >= 0.6 is 15.9 Å². The molecular formula is C12H10BrNO. The molecule has 2 aromatic rings. The maximum absolute atomic E-state index is 10.1. The molecule has 0 radical (unpaired) electrons. The molecule has 1 aromatic heterocycles. The molecular weight excluding hydrogens is 254 g/mol. The fourth-order valence-corrected chi connectivity index (χ4v) is 1.79. The van der Waals surface area contributed by atoms with Crippen LogP contribution in [0.25, 0.3) is 0 Å². The SMILES string of the molecule is O[C@H](c1ccccc1)c1cncc(Br)c1. The first kappa shape index (κ1) is 10.3. The summed E-state index contributed by atoms with van der Waals surface area (Å²) in [5.41, 5.74) is 1.66. The van der Waals surface area contributed by atoms with E-state index in [4.69, 9.17) is 0 Å². The highest BCUT2D eigenvalue weighted by Gasteiger charge is 2.09. The Morgan fingerprint density at radius 3 is 2.47 bits per heavy atom. The highest BCUT2D eigenvalue weighted by Crippen LogP contribution is 2.22. The van der Waals surface area contributed by atoms with E-state index >= 15 is 0 Å². The van der Waals surface area contributed by atoms with E-state index in [0.29, 0.717) is 0 Å². The van der Waals surface area contributed by atoms with Crippen LogP contribution < -0.4 is 0 Å². The third-order valence-corrected chi connectivity index (χ3v) is 2.59. The van der Waals surface area contributed by atoms with Crippen LogP contribution in [0.4, 0.5) is 0 Å². The van der Waals surface area contributed by atoms with Gasteiger partial charge in [-0.15, -0.1) is 0 Å². The average molecular weight is 264 g/mol. The summed E-state index contributed by atoms with van der Waals surface area (Å²) in [6, 6.07) is 11.4. The van der Waals surface area contributed by atoms with Crippen LogP contribution in [0.3, 0.4) is 0 Å². The third-order valence-electron chi connectivity index (χ3n) is 2.16. The normalized spacial score (nSPS) is 12.4. The lowest BCUT2D eigenvalue weighted by Gasteiger charge is -2.10. The summed E-state index contributed by atoms with van der Waals surface area (Å²) in [5.74, 6) is 0. The second-order valence-electron chi connectivity index (χ2n) is 3.25. The van der Waals surface area contributed by atoms with E-state index in [9.17, 15) is 5.11 Å². The highest BCUT2D eigenvalue weighted by molar-refractivity contribution is 9.10. The molecule has 2 nitrogen and oxygen atoms in total. The highest BCUT2D eigenvalue weighted by atomic mass is 79.9. The van der Waals surface area contributed by atoms with Gasteiger partial charge in [0.15, 0.2) is 0 Å². The van der Waals surface area contributed by atoms with E-state index < -0.39 is 6.10 Å². The van der Waals surface area contributed by atoms with Gasteiger partial charge in [-0.25, -0.2) is 0 Å². The lowest BCUT2D eigenvalue weighted by Crippen LogP contribution is -1.99. The molecule has 0 aliphatic heterocycles. The van der Waals surface area contributed by atoms with Gasteiger partial charge in [-0.1, -0.05) is 30.3 Å². The molecule has 0 spiro atoms. The van der Waals surface area contributed by atoms with Crippen LogP contribution in [-0.4, -0.2) is 10.1 Å². The van der Waals surface area contributed by atoms with Crippen molar-refractivity contribution in [3.8, 4) is 0 Å². The molecule has 1 heterocycles. The fraction of sp³-hybridized carbons (Fsp3) is 0.0833. The van der Waals surface area contributed by atoms with Crippen LogP contribution in [0.1, 0.15) is 17.2 Å². The van der Waals surface area contributed by atoms with Crippen LogP contribution in [0, 0.1) is 0 Å². The van der Waals surface area contributed by atoms with E-state index in [1.165, 1.54) is 0 Å². The van der Waals surface area contributed by atoms with Crippen LogP contribution in [0.15, 0.2) is 53.3 Å². The number of hydrogen-bond acceptors (Lipinski definition) is 2. The van der Waals surface area contributed by atoms with Gasteiger partial charge in [-0.3, -0.25) is 4.98 Å². The Hall–Kier alpha value is -1.19. The molecule has 1 atom stereocenters. The number of benzene rings is 1. The molecule has 1 N–H and O–H groups in total. The van der Waals surface area contributed by atoms with Crippen molar-refractivity contribution in [2.75, 3.05) is 0 Å². The molecule has 15 heavy (non-hydrogen) atoms. The van der Waals surface area contributed by atoms with Gasteiger partial charge in [0.05, 0.1) is 0 Å². The van der Waals surface area contributed by atoms with Gasteiger partial charge in [-0.05, 0) is 27.6 Å². The van der Waals surface area contributed by atoms with E-state index in [-0.39, 0.29) is 0 Å². The first-order valence-corrected chi connectivity index (χ1v) is 5.40. The maximum atomic E-state index is 10.1. The average Bonchev–Trinajstić information content (AvgIpc) is 2.29. The second-order valence-corrected chi connectivity index (χ2v) is 4.17. The second kappa shape index (κ2) is 4.55. The Morgan fingerprint density at radius 2 is 1.80 bits per heavy atom. The third kappa shape index (κ3) is 2.43. The standard InChI is InChI=1S/C12H10BrNO/c13-11-6-10(7-14-8-11)12(15)9-4-2-1-3-5-9/h1-8,12,15H/t12-/m1/s1. The summed E-state index contributed by atoms with van der Waals surface area (Å²) < 4.78 is 0.870. The monoisotopic (exact) mass is 263 g/mol. The van der Waals surface area contributed by atoms with E-state index in [0.717, 1.165) is 15.6 Å². The van der Waals surface area contributed by atoms with Gasteiger partial charge in [-0.2, -0.15) is 0 Å². The zero-order valence-corrected chi connectivity index (χ0v) is 9.55. The maximum Gasteiger partial charge on any atom is 0.106 e. The first-order chi connectivity index (χ1) is 7.27. The first-order valence-electron chi connectivity index (χ1n) is 4.61. The van der Waals surface area contributed by atoms with Gasteiger partial charge in [0.25, 0.3) is 0 Å². The quantitative estimate of drug-likeness (QED) is 0.904. The minimum Gasteiger partial charge on any atom is -0.384 e. The Morgan fingerprint density at radius 1 is 1.07 bits per heavy atom. The molecule has 1 aromatic carbocycles. The summed E-state index contributed by atoms with van der Waals surface area (Å²) in [6.45, 7) is 0. The number of rotatable bonds is 2. The lowest BCUT2D eigenvalue weighted by atomic mass is 10.0. The number of halogens is 1. The Balaban J connectivity index is 2.32. The number of pyridine rings is 1. The van der Waals surface area contributed by atoms with Crippen LogP contribution in [0.2, 0.25) is 0 Å². The molecule has 0 unspecified atom stereocenters. The summed E-state index contributed by atoms with van der Waals surface area (Å²) in [4.78, 5) is 4.02. The molecule has 0 aliphatic rings. The lowest BCUT2D eigenvalue weighted by molar-refractivity contribution is 0.220. The van der Waals surface area contributed by atoms with E-state index in [2.05, 4.69) is 20.9 Å². The predicted molar refractivity (Wildman–Crippen MR) is 62.4 cm³/mol. The zero-order chi connectivity index (χ0) is 10.7. The summed E-state index contributed by atoms with van der Waals surface area (Å²) in [7, 11) is 0. The van der Waals surface area contributed by atoms with Crippen LogP contribution in [0.5, 0.6) is 0 Å². The number of nitrogens with zero attached hydrogens (tertiary/aromatic N) is 1. The number of aliphatic hydroxyl groups excluding tert-OH is 1. The molecule has 0 aliphatic carbocycles. The predicted octanol–water partition coefficient (Wildman–Crippen LogP) is 2.93. The van der Waals surface area contributed by atoms with Gasteiger partial charge in [0, 0.05) is 22.4 Å². The molecule has 0 amide bonds. The molecule has 0 saturated carbocycles. The summed E-state index contributed by atoms with van der Waals surface area (Å²) in [5, 5.41) is 10.1. The van der Waals surface area contributed by atoms with E-state index in [1.54, 1.807) is 12.4 Å². The summed E-state index contributed by atoms with van der Waals surface area (Å²) >= 11 is 3.33. The summed E-state index contributed by atoms with van der Waals surface area (Å²) in [6.07, 6.45) is 2.75. The van der Waals surface area contributed by atoms with E-state index in [1.807, 2.05) is 36.4 Å².